The lowest BCUT2D eigenvalue weighted by atomic mass is 10.0. The van der Waals surface area contributed by atoms with E-state index in [9.17, 15) is 0 Å². The van der Waals surface area contributed by atoms with Crippen LogP contribution in [0.4, 0.5) is 17.1 Å². The lowest BCUT2D eigenvalue weighted by Crippen LogP contribution is -2.09. The number of para-hydroxylation sites is 1. The molecule has 0 aliphatic heterocycles. The summed E-state index contributed by atoms with van der Waals surface area (Å²) in [5, 5.41) is 11.4. The molecule has 5 aromatic rings. The van der Waals surface area contributed by atoms with Crippen molar-refractivity contribution >= 4 is 35.5 Å². The molecule has 0 aromatic heterocycles. The van der Waals surface area contributed by atoms with Crippen LogP contribution in [0.2, 0.25) is 0 Å². The minimum atomic E-state index is 0.580. The number of rotatable bonds is 6. The van der Waals surface area contributed by atoms with Gasteiger partial charge in [-0.3, -0.25) is 0 Å². The van der Waals surface area contributed by atoms with E-state index in [0.717, 1.165) is 17.1 Å². The summed E-state index contributed by atoms with van der Waals surface area (Å²) in [6, 6.07) is 41.5. The molecule has 1 N–H and O–H groups in total. The van der Waals surface area contributed by atoms with Crippen LogP contribution in [0.1, 0.15) is 0 Å². The summed E-state index contributed by atoms with van der Waals surface area (Å²) in [5.41, 5.74) is 5.49. The molecule has 0 spiro atoms. The summed E-state index contributed by atoms with van der Waals surface area (Å²) in [6.07, 6.45) is 0. The van der Waals surface area contributed by atoms with Gasteiger partial charge in [0.1, 0.15) is 5.75 Å². The summed E-state index contributed by atoms with van der Waals surface area (Å²) in [4.78, 5) is 2.19. The highest BCUT2D eigenvalue weighted by Crippen LogP contribution is 2.36. The first-order valence-electron chi connectivity index (χ1n) is 10.5. The molecular weight excluding hydrogens is 393 g/mol. The van der Waals surface area contributed by atoms with Crippen LogP contribution >= 0.6 is 0 Å². The van der Waals surface area contributed by atoms with Gasteiger partial charge in [0, 0.05) is 17.1 Å². The molecule has 153 valence electrons. The van der Waals surface area contributed by atoms with Crippen LogP contribution in [0, 0.1) is 0 Å². The molecular formula is C28H21BNO2. The van der Waals surface area contributed by atoms with Gasteiger partial charge in [-0.05, 0) is 76.5 Å². The zero-order valence-electron chi connectivity index (χ0n) is 17.4. The van der Waals surface area contributed by atoms with Crippen LogP contribution in [0.5, 0.6) is 5.75 Å². The summed E-state index contributed by atoms with van der Waals surface area (Å²) >= 11 is 0. The minimum absolute atomic E-state index is 0.580. The fraction of sp³-hybridized carbons (Fsp3) is 0. The molecule has 0 amide bonds. The maximum atomic E-state index is 8.87. The minimum Gasteiger partial charge on any atom is -0.537 e. The zero-order valence-corrected chi connectivity index (χ0v) is 17.4. The number of hydrogen-bond donors (Lipinski definition) is 1. The van der Waals surface area contributed by atoms with Crippen molar-refractivity contribution < 1.29 is 9.68 Å². The van der Waals surface area contributed by atoms with Crippen LogP contribution < -0.4 is 9.55 Å². The van der Waals surface area contributed by atoms with Crippen LogP contribution in [0.25, 0.3) is 21.9 Å². The number of fused-ring (bicyclic) bond motifs is 1. The Morgan fingerprint density at radius 1 is 0.531 bits per heavy atom. The zero-order chi connectivity index (χ0) is 21.8. The van der Waals surface area contributed by atoms with E-state index in [2.05, 4.69) is 83.8 Å². The highest BCUT2D eigenvalue weighted by Gasteiger charge is 2.12. The average Bonchev–Trinajstić information content (AvgIpc) is 2.86. The van der Waals surface area contributed by atoms with E-state index in [0.29, 0.717) is 13.4 Å². The third kappa shape index (κ3) is 4.09. The Morgan fingerprint density at radius 3 is 1.78 bits per heavy atom. The normalized spacial score (nSPS) is 10.7. The van der Waals surface area contributed by atoms with E-state index in [4.69, 9.17) is 9.68 Å². The van der Waals surface area contributed by atoms with Crippen LogP contribution in [-0.4, -0.2) is 12.7 Å². The molecule has 0 saturated carbocycles. The first-order chi connectivity index (χ1) is 15.8. The van der Waals surface area contributed by atoms with Crippen molar-refractivity contribution in [2.45, 2.75) is 0 Å². The van der Waals surface area contributed by atoms with Gasteiger partial charge in [0.2, 0.25) is 0 Å². The highest BCUT2D eigenvalue weighted by molar-refractivity contribution is 6.17. The molecule has 0 unspecified atom stereocenters. The fourth-order valence-corrected chi connectivity index (χ4v) is 3.93. The summed E-state index contributed by atoms with van der Waals surface area (Å²) < 4.78 is 5.06. The molecule has 0 fully saturated rings. The van der Waals surface area contributed by atoms with Crippen LogP contribution in [0.15, 0.2) is 121 Å². The number of hydrogen-bond acceptors (Lipinski definition) is 3. The molecule has 4 heteroatoms. The lowest BCUT2D eigenvalue weighted by Gasteiger charge is -2.25. The third-order valence-corrected chi connectivity index (χ3v) is 5.51. The summed E-state index contributed by atoms with van der Waals surface area (Å²) in [7, 11) is 0.690. The Kier molecular flexibility index (Phi) is 5.60. The van der Waals surface area contributed by atoms with Crippen molar-refractivity contribution in [2.75, 3.05) is 4.90 Å². The maximum absolute atomic E-state index is 8.87. The van der Waals surface area contributed by atoms with Gasteiger partial charge in [0.25, 0.3) is 0 Å². The van der Waals surface area contributed by atoms with Crippen molar-refractivity contribution in [3.05, 3.63) is 121 Å². The molecule has 0 bridgehead atoms. The first kappa shape index (κ1) is 19.9. The second-order valence-corrected chi connectivity index (χ2v) is 7.50. The molecule has 0 saturated heterocycles. The molecule has 5 rings (SSSR count). The first-order valence-corrected chi connectivity index (χ1v) is 10.5. The molecule has 5 aromatic carbocycles. The van der Waals surface area contributed by atoms with E-state index in [1.807, 2.05) is 42.5 Å². The van der Waals surface area contributed by atoms with Gasteiger partial charge >= 0.3 is 7.69 Å². The number of anilines is 3. The smallest absolute Gasteiger partial charge is 0.537 e. The molecule has 0 atom stereocenters. The highest BCUT2D eigenvalue weighted by atomic mass is 16.5. The molecule has 0 aliphatic rings. The second-order valence-electron chi connectivity index (χ2n) is 7.50. The topological polar surface area (TPSA) is 32.7 Å². The van der Waals surface area contributed by atoms with Crippen LogP contribution in [0.3, 0.4) is 0 Å². The molecule has 0 aliphatic carbocycles. The molecule has 0 heterocycles. The predicted molar refractivity (Wildman–Crippen MR) is 133 cm³/mol. The molecule has 32 heavy (non-hydrogen) atoms. The predicted octanol–water partition coefficient (Wildman–Crippen LogP) is 6.88. The van der Waals surface area contributed by atoms with Crippen LogP contribution in [-0.2, 0) is 0 Å². The number of nitrogens with zero attached hydrogens (tertiary/aromatic N) is 1. The van der Waals surface area contributed by atoms with E-state index >= 15 is 0 Å². The van der Waals surface area contributed by atoms with Gasteiger partial charge in [-0.15, -0.1) is 0 Å². The summed E-state index contributed by atoms with van der Waals surface area (Å²) in [5.74, 6) is 0.580. The van der Waals surface area contributed by atoms with Gasteiger partial charge in [-0.1, -0.05) is 66.7 Å². The fourth-order valence-electron chi connectivity index (χ4n) is 3.93. The van der Waals surface area contributed by atoms with Crippen molar-refractivity contribution in [1.82, 2.24) is 0 Å². The van der Waals surface area contributed by atoms with Gasteiger partial charge in [-0.2, -0.15) is 0 Å². The Bertz CT molecular complexity index is 1320. The Morgan fingerprint density at radius 2 is 1.09 bits per heavy atom. The monoisotopic (exact) mass is 414 g/mol. The van der Waals surface area contributed by atoms with Crippen molar-refractivity contribution in [3.63, 3.8) is 0 Å². The molecule has 1 radical (unpaired) electrons. The second kappa shape index (κ2) is 9.00. The van der Waals surface area contributed by atoms with Crippen molar-refractivity contribution in [1.29, 1.82) is 0 Å². The van der Waals surface area contributed by atoms with E-state index < -0.39 is 0 Å². The quantitative estimate of drug-likeness (QED) is 0.308. The SMILES string of the molecule is O[B]Oc1ccc(N(c2ccccc2)c2ccc(-c3ccc4ccccc4c3)cc2)cc1. The van der Waals surface area contributed by atoms with E-state index in [1.165, 1.54) is 21.9 Å². The third-order valence-electron chi connectivity index (χ3n) is 5.51. The summed E-state index contributed by atoms with van der Waals surface area (Å²) in [6.45, 7) is 0. The van der Waals surface area contributed by atoms with Crippen molar-refractivity contribution in [3.8, 4) is 16.9 Å². The Balaban J connectivity index is 1.51. The lowest BCUT2D eigenvalue weighted by molar-refractivity contribution is 0.454. The molecule has 3 nitrogen and oxygen atoms in total. The van der Waals surface area contributed by atoms with Gasteiger partial charge in [0.05, 0.1) is 0 Å². The van der Waals surface area contributed by atoms with Crippen molar-refractivity contribution in [2.24, 2.45) is 0 Å². The number of benzene rings is 5. The van der Waals surface area contributed by atoms with Gasteiger partial charge in [0.15, 0.2) is 0 Å². The van der Waals surface area contributed by atoms with E-state index in [-0.39, 0.29) is 0 Å². The van der Waals surface area contributed by atoms with Gasteiger partial charge < -0.3 is 14.6 Å². The Hall–Kier alpha value is -4.02. The standard InChI is InChI=1S/C28H21BNO2/c31-29-32-28-18-16-27(17-19-28)30(25-8-2-1-3-9-25)26-14-12-22(13-15-26)24-11-10-21-6-4-5-7-23(21)20-24/h1-20,31H. The van der Waals surface area contributed by atoms with Gasteiger partial charge in [-0.25, -0.2) is 0 Å². The largest absolute Gasteiger partial charge is 0.569 e. The Labute approximate surface area is 188 Å². The van der Waals surface area contributed by atoms with E-state index in [1.54, 1.807) is 0 Å². The average molecular weight is 414 g/mol. The maximum Gasteiger partial charge on any atom is 0.569 e.